The van der Waals surface area contributed by atoms with Crippen molar-refractivity contribution in [1.29, 1.82) is 0 Å². The average molecular weight is 392 g/mol. The second-order valence-electron chi connectivity index (χ2n) is 7.70. The van der Waals surface area contributed by atoms with Crippen LogP contribution in [0.5, 0.6) is 0 Å². The summed E-state index contributed by atoms with van der Waals surface area (Å²) >= 11 is 0. The molecule has 0 amide bonds. The van der Waals surface area contributed by atoms with E-state index in [1.54, 1.807) is 6.07 Å². The number of carbonyl (C=O) groups is 2. The van der Waals surface area contributed by atoms with Crippen molar-refractivity contribution < 1.29 is 14.7 Å². The maximum atomic E-state index is 12.1. The Morgan fingerprint density at radius 3 is 2.41 bits per heavy atom. The molecule has 0 saturated carbocycles. The van der Waals surface area contributed by atoms with Crippen LogP contribution in [-0.4, -0.2) is 21.9 Å². The minimum atomic E-state index is -0.927. The van der Waals surface area contributed by atoms with Gasteiger partial charge in [-0.15, -0.1) is 0 Å². The number of hydrogen-bond donors (Lipinski definition) is 1. The number of aromatic nitrogens is 1. The van der Waals surface area contributed by atoms with Crippen LogP contribution < -0.4 is 0 Å². The number of fused-ring (bicyclic) bond motifs is 1. The molecule has 29 heavy (non-hydrogen) atoms. The predicted octanol–water partition coefficient (Wildman–Crippen LogP) is 5.74. The van der Waals surface area contributed by atoms with Crippen LogP contribution in [0.15, 0.2) is 36.4 Å². The van der Waals surface area contributed by atoms with Crippen LogP contribution >= 0.6 is 0 Å². The molecule has 0 atom stereocenters. The molecule has 152 valence electrons. The summed E-state index contributed by atoms with van der Waals surface area (Å²) in [7, 11) is 0. The van der Waals surface area contributed by atoms with Crippen LogP contribution in [0, 0.1) is 13.8 Å². The van der Waals surface area contributed by atoms with E-state index in [2.05, 4.69) is 23.6 Å². The molecule has 3 rings (SSSR count). The van der Waals surface area contributed by atoms with Crippen molar-refractivity contribution in [2.75, 3.05) is 0 Å². The summed E-state index contributed by atoms with van der Waals surface area (Å²) in [5, 5.41) is 10.6. The number of unbranched alkanes of at least 4 members (excludes halogenated alkanes) is 2. The largest absolute Gasteiger partial charge is 0.478 e. The summed E-state index contributed by atoms with van der Waals surface area (Å²) in [6.45, 7) is 6.63. The van der Waals surface area contributed by atoms with Gasteiger partial charge in [0.1, 0.15) is 0 Å². The number of carboxylic acid groups (broad SMARTS) is 1. The minimum Gasteiger partial charge on any atom is -0.478 e. The van der Waals surface area contributed by atoms with Gasteiger partial charge >= 0.3 is 5.97 Å². The highest BCUT2D eigenvalue weighted by atomic mass is 16.4. The van der Waals surface area contributed by atoms with Gasteiger partial charge in [-0.05, 0) is 55.9 Å². The number of aldehydes is 1. The Morgan fingerprint density at radius 2 is 1.79 bits per heavy atom. The third-order valence-electron chi connectivity index (χ3n) is 5.91. The Morgan fingerprint density at radius 1 is 1.07 bits per heavy atom. The van der Waals surface area contributed by atoms with Crippen molar-refractivity contribution in [3.05, 3.63) is 69.9 Å². The van der Waals surface area contributed by atoms with Crippen LogP contribution in [-0.2, 0) is 19.4 Å². The summed E-state index contributed by atoms with van der Waals surface area (Å²) in [4.78, 5) is 23.9. The number of rotatable bonds is 9. The van der Waals surface area contributed by atoms with E-state index in [0.717, 1.165) is 78.2 Å². The number of carbonyl (C=O) groups excluding carboxylic acids is 1. The third-order valence-corrected chi connectivity index (χ3v) is 5.91. The Bertz CT molecular complexity index is 1030. The predicted molar refractivity (Wildman–Crippen MR) is 117 cm³/mol. The van der Waals surface area contributed by atoms with Crippen molar-refractivity contribution in [2.24, 2.45) is 0 Å². The monoisotopic (exact) mass is 391 g/mol. The minimum absolute atomic E-state index is 0.311. The van der Waals surface area contributed by atoms with E-state index in [0.29, 0.717) is 5.56 Å². The van der Waals surface area contributed by atoms with E-state index in [1.807, 2.05) is 32.0 Å². The Labute approximate surface area is 172 Å². The van der Waals surface area contributed by atoms with E-state index in [9.17, 15) is 14.7 Å². The zero-order chi connectivity index (χ0) is 21.0. The standard InChI is InChI=1S/C25H29NO3/c1-4-5-7-12-22-21(16-27)24-18(3)17(2)20(25(28)29)15-23(24)26(22)14-13-19-10-8-6-9-11-19/h6,8-11,15-16H,4-5,7,12-14H2,1-3H3,(H,28,29). The van der Waals surface area contributed by atoms with Crippen LogP contribution in [0.25, 0.3) is 10.9 Å². The molecule has 3 aromatic rings. The van der Waals surface area contributed by atoms with Crippen LogP contribution in [0.2, 0.25) is 0 Å². The smallest absolute Gasteiger partial charge is 0.336 e. The van der Waals surface area contributed by atoms with Gasteiger partial charge in [-0.1, -0.05) is 50.1 Å². The number of nitrogens with zero attached hydrogens (tertiary/aromatic N) is 1. The number of hydrogen-bond acceptors (Lipinski definition) is 2. The quantitative estimate of drug-likeness (QED) is 0.373. The van der Waals surface area contributed by atoms with Crippen molar-refractivity contribution in [3.8, 4) is 0 Å². The lowest BCUT2D eigenvalue weighted by Crippen LogP contribution is -2.08. The van der Waals surface area contributed by atoms with Crippen molar-refractivity contribution in [2.45, 2.75) is 59.4 Å². The van der Waals surface area contributed by atoms with E-state index in [1.165, 1.54) is 5.56 Å². The number of benzene rings is 2. The van der Waals surface area contributed by atoms with Gasteiger partial charge in [0.05, 0.1) is 11.1 Å². The molecule has 1 N–H and O–H groups in total. The number of carboxylic acids is 1. The molecule has 2 aromatic carbocycles. The van der Waals surface area contributed by atoms with Gasteiger partial charge in [0, 0.05) is 23.2 Å². The molecule has 0 fully saturated rings. The fourth-order valence-electron chi connectivity index (χ4n) is 4.19. The molecule has 1 aromatic heterocycles. The normalized spacial score (nSPS) is 11.1. The molecule has 0 aliphatic carbocycles. The lowest BCUT2D eigenvalue weighted by Gasteiger charge is -2.13. The summed E-state index contributed by atoms with van der Waals surface area (Å²) < 4.78 is 2.18. The lowest BCUT2D eigenvalue weighted by molar-refractivity contribution is 0.0696. The lowest BCUT2D eigenvalue weighted by atomic mass is 9.96. The van der Waals surface area contributed by atoms with Crippen molar-refractivity contribution in [3.63, 3.8) is 0 Å². The molecule has 0 aliphatic heterocycles. The summed E-state index contributed by atoms with van der Waals surface area (Å²) in [5.74, 6) is -0.927. The molecule has 4 heteroatoms. The summed E-state index contributed by atoms with van der Waals surface area (Å²) in [6.07, 6.45) is 5.85. The zero-order valence-electron chi connectivity index (χ0n) is 17.5. The Hall–Kier alpha value is -2.88. The van der Waals surface area contributed by atoms with Gasteiger partial charge in [-0.3, -0.25) is 4.79 Å². The first-order chi connectivity index (χ1) is 14.0. The first-order valence-electron chi connectivity index (χ1n) is 10.4. The molecular weight excluding hydrogens is 362 g/mol. The highest BCUT2D eigenvalue weighted by Gasteiger charge is 2.22. The summed E-state index contributed by atoms with van der Waals surface area (Å²) in [5.41, 5.74) is 5.77. The topological polar surface area (TPSA) is 59.3 Å². The van der Waals surface area contributed by atoms with E-state index >= 15 is 0 Å². The zero-order valence-corrected chi connectivity index (χ0v) is 17.5. The highest BCUT2D eigenvalue weighted by Crippen LogP contribution is 2.33. The van der Waals surface area contributed by atoms with E-state index in [4.69, 9.17) is 0 Å². The van der Waals surface area contributed by atoms with Crippen LogP contribution in [0.4, 0.5) is 0 Å². The number of aryl methyl sites for hydroxylation is 3. The first-order valence-corrected chi connectivity index (χ1v) is 10.4. The fourth-order valence-corrected chi connectivity index (χ4v) is 4.19. The first kappa shape index (κ1) is 20.8. The molecule has 0 spiro atoms. The molecule has 0 unspecified atom stereocenters. The van der Waals surface area contributed by atoms with Gasteiger partial charge < -0.3 is 9.67 Å². The van der Waals surface area contributed by atoms with Crippen LogP contribution in [0.1, 0.15) is 69.3 Å². The molecule has 4 nitrogen and oxygen atoms in total. The maximum absolute atomic E-state index is 12.1. The van der Waals surface area contributed by atoms with Crippen molar-refractivity contribution in [1.82, 2.24) is 4.57 Å². The maximum Gasteiger partial charge on any atom is 0.336 e. The second kappa shape index (κ2) is 9.08. The number of aromatic carboxylic acids is 1. The highest BCUT2D eigenvalue weighted by molar-refractivity contribution is 6.05. The fraction of sp³-hybridized carbons (Fsp3) is 0.360. The van der Waals surface area contributed by atoms with Gasteiger partial charge in [0.2, 0.25) is 0 Å². The van der Waals surface area contributed by atoms with E-state index in [-0.39, 0.29) is 0 Å². The average Bonchev–Trinajstić information content (AvgIpc) is 3.02. The van der Waals surface area contributed by atoms with Gasteiger partial charge in [0.15, 0.2) is 6.29 Å². The van der Waals surface area contributed by atoms with Crippen molar-refractivity contribution >= 4 is 23.2 Å². The molecule has 0 aliphatic rings. The Balaban J connectivity index is 2.18. The van der Waals surface area contributed by atoms with Crippen LogP contribution in [0.3, 0.4) is 0 Å². The molecule has 0 saturated heterocycles. The van der Waals surface area contributed by atoms with Gasteiger partial charge in [-0.2, -0.15) is 0 Å². The Kier molecular flexibility index (Phi) is 6.53. The molecule has 0 bridgehead atoms. The molecule has 0 radical (unpaired) electrons. The van der Waals surface area contributed by atoms with E-state index < -0.39 is 5.97 Å². The molecule has 1 heterocycles. The molecular formula is C25H29NO3. The van der Waals surface area contributed by atoms with Gasteiger partial charge in [-0.25, -0.2) is 4.79 Å². The third kappa shape index (κ3) is 4.12. The second-order valence-corrected chi connectivity index (χ2v) is 7.70. The summed E-state index contributed by atoms with van der Waals surface area (Å²) in [6, 6.07) is 12.0. The van der Waals surface area contributed by atoms with Gasteiger partial charge in [0.25, 0.3) is 0 Å². The SMILES string of the molecule is CCCCCc1c(C=O)c2c(C)c(C)c(C(=O)O)cc2n1CCc1ccccc1.